The van der Waals surface area contributed by atoms with Crippen LogP contribution in [0, 0.1) is 17.8 Å². The number of halogens is 1. The van der Waals surface area contributed by atoms with Crippen molar-refractivity contribution in [3.63, 3.8) is 0 Å². The number of nitrogens with two attached hydrogens (primary N) is 2. The molecule has 0 aromatic heterocycles. The number of hydrogen-bond acceptors (Lipinski definition) is 2. The van der Waals surface area contributed by atoms with Gasteiger partial charge in [0.25, 0.3) is 0 Å². The van der Waals surface area contributed by atoms with Crippen molar-refractivity contribution in [1.82, 2.24) is 0 Å². The highest BCUT2D eigenvalue weighted by Gasteiger charge is 2.34. The van der Waals surface area contributed by atoms with Crippen molar-refractivity contribution in [2.75, 3.05) is 6.54 Å². The van der Waals surface area contributed by atoms with Crippen molar-refractivity contribution < 1.29 is 4.39 Å². The second-order valence-electron chi connectivity index (χ2n) is 6.48. The lowest BCUT2D eigenvalue weighted by Crippen LogP contribution is -2.40. The molecule has 2 aliphatic rings. The first-order valence-corrected chi connectivity index (χ1v) is 7.80. The van der Waals surface area contributed by atoms with Gasteiger partial charge in [-0.3, -0.25) is 0 Å². The minimum atomic E-state index is -0.756. The van der Waals surface area contributed by atoms with Crippen molar-refractivity contribution in [2.24, 2.45) is 29.2 Å². The number of hydrogen-bond donors (Lipinski definition) is 2. The maximum atomic E-state index is 13.7. The van der Waals surface area contributed by atoms with Gasteiger partial charge < -0.3 is 11.5 Å². The normalized spacial score (nSPS) is 41.8. The highest BCUT2D eigenvalue weighted by atomic mass is 19.1. The van der Waals surface area contributed by atoms with Crippen molar-refractivity contribution in [3.8, 4) is 0 Å². The average Bonchev–Trinajstić information content (AvgIpc) is 2.40. The van der Waals surface area contributed by atoms with Gasteiger partial charge in [-0.2, -0.15) is 0 Å². The molecule has 106 valence electrons. The third kappa shape index (κ3) is 3.67. The Bertz CT molecular complexity index is 247. The summed E-state index contributed by atoms with van der Waals surface area (Å²) < 4.78 is 13.7. The Morgan fingerprint density at radius 3 is 2.50 bits per heavy atom. The van der Waals surface area contributed by atoms with Gasteiger partial charge in [0.05, 0.1) is 0 Å². The van der Waals surface area contributed by atoms with Crippen molar-refractivity contribution >= 4 is 0 Å². The summed E-state index contributed by atoms with van der Waals surface area (Å²) in [6.45, 7) is 0.812. The molecule has 0 bridgehead atoms. The Morgan fingerprint density at radius 2 is 1.78 bits per heavy atom. The van der Waals surface area contributed by atoms with E-state index in [0.717, 1.165) is 44.1 Å². The fourth-order valence-corrected chi connectivity index (χ4v) is 4.03. The zero-order valence-electron chi connectivity index (χ0n) is 11.5. The summed E-state index contributed by atoms with van der Waals surface area (Å²) in [5, 5.41) is 0. The third-order valence-electron chi connectivity index (χ3n) is 5.17. The van der Waals surface area contributed by atoms with E-state index in [0.29, 0.717) is 5.92 Å². The van der Waals surface area contributed by atoms with Gasteiger partial charge in [-0.05, 0) is 62.8 Å². The standard InChI is InChI=1S/C15H29FN2/c16-14-10-13(6-7-15(14)18)12-5-1-3-11(9-12)4-2-8-17/h11-15H,1-10,17-18H2. The number of rotatable bonds is 4. The molecule has 3 heteroatoms. The molecule has 0 aromatic rings. The molecule has 2 saturated carbocycles. The van der Waals surface area contributed by atoms with Gasteiger partial charge in [0, 0.05) is 6.04 Å². The van der Waals surface area contributed by atoms with Crippen LogP contribution < -0.4 is 11.5 Å². The SMILES string of the molecule is NCCCC1CCCC(C2CCC(N)C(F)C2)C1. The minimum absolute atomic E-state index is 0.196. The van der Waals surface area contributed by atoms with Crippen LogP contribution in [0.3, 0.4) is 0 Å². The van der Waals surface area contributed by atoms with Gasteiger partial charge in [0.2, 0.25) is 0 Å². The quantitative estimate of drug-likeness (QED) is 0.812. The predicted molar refractivity (Wildman–Crippen MR) is 73.9 cm³/mol. The van der Waals surface area contributed by atoms with E-state index in [1.807, 2.05) is 0 Å². The fourth-order valence-electron chi connectivity index (χ4n) is 4.03. The summed E-state index contributed by atoms with van der Waals surface area (Å²) in [5.74, 6) is 2.20. The maximum absolute atomic E-state index is 13.7. The lowest BCUT2D eigenvalue weighted by Gasteiger charge is -2.39. The summed E-state index contributed by atoms with van der Waals surface area (Å²) in [5.41, 5.74) is 11.4. The highest BCUT2D eigenvalue weighted by Crippen LogP contribution is 2.41. The molecule has 2 rings (SSSR count). The van der Waals surface area contributed by atoms with Crippen LogP contribution in [0.2, 0.25) is 0 Å². The largest absolute Gasteiger partial charge is 0.330 e. The summed E-state index contributed by atoms with van der Waals surface area (Å²) in [6, 6.07) is -0.196. The minimum Gasteiger partial charge on any atom is -0.330 e. The molecule has 5 unspecified atom stereocenters. The molecular formula is C15H29FN2. The van der Waals surface area contributed by atoms with Gasteiger partial charge >= 0.3 is 0 Å². The average molecular weight is 256 g/mol. The zero-order valence-corrected chi connectivity index (χ0v) is 11.5. The molecule has 0 radical (unpaired) electrons. The molecule has 0 aliphatic heterocycles. The van der Waals surface area contributed by atoms with Crippen LogP contribution in [0.25, 0.3) is 0 Å². The van der Waals surface area contributed by atoms with E-state index in [2.05, 4.69) is 0 Å². The zero-order chi connectivity index (χ0) is 13.0. The summed E-state index contributed by atoms with van der Waals surface area (Å²) in [4.78, 5) is 0. The highest BCUT2D eigenvalue weighted by molar-refractivity contribution is 4.87. The molecule has 2 aliphatic carbocycles. The first-order chi connectivity index (χ1) is 8.70. The van der Waals surface area contributed by atoms with Crippen molar-refractivity contribution in [1.29, 1.82) is 0 Å². The van der Waals surface area contributed by atoms with E-state index in [1.54, 1.807) is 0 Å². The fraction of sp³-hybridized carbons (Fsp3) is 1.00. The Labute approximate surface area is 111 Å². The van der Waals surface area contributed by atoms with E-state index >= 15 is 0 Å². The lowest BCUT2D eigenvalue weighted by atomic mass is 9.68. The van der Waals surface area contributed by atoms with Gasteiger partial charge in [0.1, 0.15) is 6.17 Å². The second-order valence-corrected chi connectivity index (χ2v) is 6.48. The molecule has 0 aromatic carbocycles. The van der Waals surface area contributed by atoms with Crippen LogP contribution in [0.5, 0.6) is 0 Å². The molecule has 4 N–H and O–H groups in total. The Morgan fingerprint density at radius 1 is 1.00 bits per heavy atom. The van der Waals surface area contributed by atoms with Crippen LogP contribution in [0.1, 0.15) is 57.8 Å². The third-order valence-corrected chi connectivity index (χ3v) is 5.17. The lowest BCUT2D eigenvalue weighted by molar-refractivity contribution is 0.0982. The molecule has 5 atom stereocenters. The molecule has 0 spiro atoms. The smallest absolute Gasteiger partial charge is 0.115 e. The van der Waals surface area contributed by atoms with Crippen LogP contribution >= 0.6 is 0 Å². The van der Waals surface area contributed by atoms with E-state index in [4.69, 9.17) is 11.5 Å². The van der Waals surface area contributed by atoms with Crippen LogP contribution in [-0.4, -0.2) is 18.8 Å². The van der Waals surface area contributed by atoms with Crippen LogP contribution in [-0.2, 0) is 0 Å². The van der Waals surface area contributed by atoms with Gasteiger partial charge in [0.15, 0.2) is 0 Å². The second kappa shape index (κ2) is 6.85. The van der Waals surface area contributed by atoms with Gasteiger partial charge in [-0.1, -0.05) is 19.3 Å². The molecule has 18 heavy (non-hydrogen) atoms. The Balaban J connectivity index is 1.81. The Kier molecular flexibility index (Phi) is 5.43. The first kappa shape index (κ1) is 14.3. The van der Waals surface area contributed by atoms with E-state index in [-0.39, 0.29) is 6.04 Å². The summed E-state index contributed by atoms with van der Waals surface area (Å²) in [6.07, 6.45) is 9.74. The molecule has 2 nitrogen and oxygen atoms in total. The molecular weight excluding hydrogens is 227 g/mol. The van der Waals surface area contributed by atoms with Gasteiger partial charge in [-0.15, -0.1) is 0 Å². The first-order valence-electron chi connectivity index (χ1n) is 7.80. The number of alkyl halides is 1. The predicted octanol–water partition coefficient (Wildman–Crippen LogP) is 3.00. The molecule has 0 saturated heterocycles. The monoisotopic (exact) mass is 256 g/mol. The Hall–Kier alpha value is -0.150. The van der Waals surface area contributed by atoms with Crippen molar-refractivity contribution in [2.45, 2.75) is 70.0 Å². The van der Waals surface area contributed by atoms with E-state index < -0.39 is 6.17 Å². The molecule has 2 fully saturated rings. The maximum Gasteiger partial charge on any atom is 0.115 e. The topological polar surface area (TPSA) is 52.0 Å². The van der Waals surface area contributed by atoms with Crippen LogP contribution in [0.15, 0.2) is 0 Å². The summed E-state index contributed by atoms with van der Waals surface area (Å²) >= 11 is 0. The summed E-state index contributed by atoms with van der Waals surface area (Å²) in [7, 11) is 0. The van der Waals surface area contributed by atoms with Gasteiger partial charge in [-0.25, -0.2) is 4.39 Å². The van der Waals surface area contributed by atoms with Crippen molar-refractivity contribution in [3.05, 3.63) is 0 Å². The van der Waals surface area contributed by atoms with E-state index in [1.165, 1.54) is 32.1 Å². The molecule has 0 heterocycles. The molecule has 0 amide bonds. The van der Waals surface area contributed by atoms with E-state index in [9.17, 15) is 4.39 Å². The van der Waals surface area contributed by atoms with Crippen LogP contribution in [0.4, 0.5) is 4.39 Å².